The molecule has 0 aliphatic carbocycles. The van der Waals surface area contributed by atoms with Gasteiger partial charge in [-0.2, -0.15) is 0 Å². The Kier molecular flexibility index (Phi) is 4.04. The predicted molar refractivity (Wildman–Crippen MR) is 77.5 cm³/mol. The van der Waals surface area contributed by atoms with Crippen molar-refractivity contribution in [1.29, 1.82) is 0 Å². The number of thiophene rings is 1. The van der Waals surface area contributed by atoms with Crippen LogP contribution in [0.1, 0.15) is 20.1 Å². The molecule has 1 aromatic heterocycles. The first-order valence-corrected chi connectivity index (χ1v) is 6.99. The molecule has 3 nitrogen and oxygen atoms in total. The van der Waals surface area contributed by atoms with Crippen LogP contribution in [-0.2, 0) is 6.54 Å². The van der Waals surface area contributed by atoms with Gasteiger partial charge in [0.25, 0.3) is 0 Å². The number of carbonyl (C=O) groups is 1. The molecule has 0 unspecified atom stereocenters. The lowest BCUT2D eigenvalue weighted by Gasteiger charge is -2.06. The zero-order chi connectivity index (χ0) is 13.1. The number of carboxylic acids is 1. The van der Waals surface area contributed by atoms with Crippen molar-refractivity contribution in [2.75, 3.05) is 5.32 Å². The minimum Gasteiger partial charge on any atom is -0.477 e. The van der Waals surface area contributed by atoms with E-state index in [1.54, 1.807) is 6.07 Å². The third kappa shape index (κ3) is 3.11. The number of halogens is 1. The average molecular weight is 326 g/mol. The second-order valence-corrected chi connectivity index (χ2v) is 5.91. The summed E-state index contributed by atoms with van der Waals surface area (Å²) in [5.41, 5.74) is 2.19. The van der Waals surface area contributed by atoms with Crippen molar-refractivity contribution in [2.24, 2.45) is 0 Å². The summed E-state index contributed by atoms with van der Waals surface area (Å²) in [5, 5.41) is 12.1. The van der Waals surface area contributed by atoms with E-state index in [0.717, 1.165) is 20.6 Å². The highest BCUT2D eigenvalue weighted by Crippen LogP contribution is 2.22. The van der Waals surface area contributed by atoms with Crippen LogP contribution in [0.3, 0.4) is 0 Å². The van der Waals surface area contributed by atoms with Gasteiger partial charge in [0.05, 0.1) is 0 Å². The van der Waals surface area contributed by atoms with Gasteiger partial charge in [0.2, 0.25) is 0 Å². The SMILES string of the molecule is Cc1cc(NCc2ccc(C(=O)O)s2)ccc1Br. The molecule has 0 fully saturated rings. The Morgan fingerprint density at radius 3 is 2.78 bits per heavy atom. The van der Waals surface area contributed by atoms with Crippen LogP contribution >= 0.6 is 27.3 Å². The van der Waals surface area contributed by atoms with Gasteiger partial charge in [0.1, 0.15) is 4.88 Å². The monoisotopic (exact) mass is 325 g/mol. The number of aromatic carboxylic acids is 1. The van der Waals surface area contributed by atoms with Crippen LogP contribution in [0.5, 0.6) is 0 Å². The molecule has 0 spiro atoms. The summed E-state index contributed by atoms with van der Waals surface area (Å²) in [6, 6.07) is 9.51. The number of aryl methyl sites for hydroxylation is 1. The van der Waals surface area contributed by atoms with Gasteiger partial charge in [-0.3, -0.25) is 0 Å². The van der Waals surface area contributed by atoms with Gasteiger partial charge in [-0.05, 0) is 42.8 Å². The van der Waals surface area contributed by atoms with Gasteiger partial charge in [0, 0.05) is 21.6 Å². The molecular formula is C13H12BrNO2S. The fraction of sp³-hybridized carbons (Fsp3) is 0.154. The van der Waals surface area contributed by atoms with E-state index in [9.17, 15) is 4.79 Å². The zero-order valence-corrected chi connectivity index (χ0v) is 12.1. The Morgan fingerprint density at radius 1 is 1.39 bits per heavy atom. The molecular weight excluding hydrogens is 314 g/mol. The third-order valence-corrected chi connectivity index (χ3v) is 4.46. The first-order chi connectivity index (χ1) is 8.56. The maximum absolute atomic E-state index is 10.8. The van der Waals surface area contributed by atoms with Crippen molar-refractivity contribution in [3.8, 4) is 0 Å². The van der Waals surface area contributed by atoms with Gasteiger partial charge in [-0.15, -0.1) is 11.3 Å². The Morgan fingerprint density at radius 2 is 2.17 bits per heavy atom. The van der Waals surface area contributed by atoms with E-state index in [0.29, 0.717) is 11.4 Å². The average Bonchev–Trinajstić information content (AvgIpc) is 2.79. The van der Waals surface area contributed by atoms with Gasteiger partial charge in [-0.1, -0.05) is 15.9 Å². The van der Waals surface area contributed by atoms with E-state index < -0.39 is 5.97 Å². The molecule has 0 aliphatic rings. The zero-order valence-electron chi connectivity index (χ0n) is 9.74. The fourth-order valence-electron chi connectivity index (χ4n) is 1.53. The number of hydrogen-bond donors (Lipinski definition) is 2. The Labute approximate surface area is 118 Å². The summed E-state index contributed by atoms with van der Waals surface area (Å²) in [4.78, 5) is 12.1. The van der Waals surface area contributed by atoms with E-state index in [1.807, 2.05) is 25.1 Å². The molecule has 0 atom stereocenters. The standard InChI is InChI=1S/C13H12BrNO2S/c1-8-6-9(2-4-11(8)14)15-7-10-3-5-12(18-10)13(16)17/h2-6,15H,7H2,1H3,(H,16,17). The Balaban J connectivity index is 2.02. The number of rotatable bonds is 4. The summed E-state index contributed by atoms with van der Waals surface area (Å²) in [6.07, 6.45) is 0. The lowest BCUT2D eigenvalue weighted by molar-refractivity contribution is 0.0702. The molecule has 0 saturated heterocycles. The van der Waals surface area contributed by atoms with Crippen LogP contribution in [-0.4, -0.2) is 11.1 Å². The molecule has 2 N–H and O–H groups in total. The van der Waals surface area contributed by atoms with Gasteiger partial charge < -0.3 is 10.4 Å². The molecule has 2 aromatic rings. The number of benzene rings is 1. The van der Waals surface area contributed by atoms with Crippen LogP contribution in [0.2, 0.25) is 0 Å². The van der Waals surface area contributed by atoms with Crippen molar-refractivity contribution in [2.45, 2.75) is 13.5 Å². The molecule has 0 saturated carbocycles. The van der Waals surface area contributed by atoms with E-state index in [1.165, 1.54) is 11.3 Å². The second-order valence-electron chi connectivity index (χ2n) is 3.89. The van der Waals surface area contributed by atoms with Crippen molar-refractivity contribution >= 4 is 38.9 Å². The first-order valence-electron chi connectivity index (χ1n) is 5.38. The normalized spacial score (nSPS) is 10.3. The van der Waals surface area contributed by atoms with E-state index >= 15 is 0 Å². The van der Waals surface area contributed by atoms with Crippen LogP contribution in [0.4, 0.5) is 5.69 Å². The number of hydrogen-bond acceptors (Lipinski definition) is 3. The molecule has 0 aliphatic heterocycles. The number of anilines is 1. The van der Waals surface area contributed by atoms with E-state index in [-0.39, 0.29) is 0 Å². The minimum atomic E-state index is -0.870. The molecule has 0 bridgehead atoms. The lowest BCUT2D eigenvalue weighted by Crippen LogP contribution is -1.97. The smallest absolute Gasteiger partial charge is 0.345 e. The topological polar surface area (TPSA) is 49.3 Å². The molecule has 1 heterocycles. The van der Waals surface area contributed by atoms with Crippen molar-refractivity contribution in [3.63, 3.8) is 0 Å². The summed E-state index contributed by atoms with van der Waals surface area (Å²) in [6.45, 7) is 2.67. The lowest BCUT2D eigenvalue weighted by atomic mass is 10.2. The molecule has 0 amide bonds. The van der Waals surface area contributed by atoms with Crippen LogP contribution in [0, 0.1) is 6.92 Å². The van der Waals surface area contributed by atoms with E-state index in [2.05, 4.69) is 27.3 Å². The summed E-state index contributed by atoms with van der Waals surface area (Å²) < 4.78 is 1.08. The summed E-state index contributed by atoms with van der Waals surface area (Å²) in [7, 11) is 0. The maximum Gasteiger partial charge on any atom is 0.345 e. The first kappa shape index (κ1) is 13.1. The van der Waals surface area contributed by atoms with Gasteiger partial charge in [0.15, 0.2) is 0 Å². The molecule has 18 heavy (non-hydrogen) atoms. The van der Waals surface area contributed by atoms with E-state index in [4.69, 9.17) is 5.11 Å². The molecule has 0 radical (unpaired) electrons. The highest BCUT2D eigenvalue weighted by molar-refractivity contribution is 9.10. The molecule has 1 aromatic carbocycles. The highest BCUT2D eigenvalue weighted by Gasteiger charge is 2.06. The highest BCUT2D eigenvalue weighted by atomic mass is 79.9. The predicted octanol–water partition coefficient (Wildman–Crippen LogP) is 4.13. The fourth-order valence-corrected chi connectivity index (χ4v) is 2.56. The Hall–Kier alpha value is -1.33. The second kappa shape index (κ2) is 5.54. The van der Waals surface area contributed by atoms with Crippen LogP contribution in [0.25, 0.3) is 0 Å². The molecule has 5 heteroatoms. The van der Waals surface area contributed by atoms with Gasteiger partial charge >= 0.3 is 5.97 Å². The Bertz CT molecular complexity index is 580. The van der Waals surface area contributed by atoms with Gasteiger partial charge in [-0.25, -0.2) is 4.79 Å². The number of nitrogens with one attached hydrogen (secondary N) is 1. The largest absolute Gasteiger partial charge is 0.477 e. The third-order valence-electron chi connectivity index (χ3n) is 2.50. The quantitative estimate of drug-likeness (QED) is 0.888. The minimum absolute atomic E-state index is 0.374. The maximum atomic E-state index is 10.8. The molecule has 94 valence electrons. The van der Waals surface area contributed by atoms with Crippen molar-refractivity contribution in [1.82, 2.24) is 0 Å². The van der Waals surface area contributed by atoms with Crippen molar-refractivity contribution < 1.29 is 9.90 Å². The van der Waals surface area contributed by atoms with Crippen LogP contribution in [0.15, 0.2) is 34.8 Å². The number of carboxylic acid groups (broad SMARTS) is 1. The summed E-state index contributed by atoms with van der Waals surface area (Å²) in [5.74, 6) is -0.870. The van der Waals surface area contributed by atoms with Crippen LogP contribution < -0.4 is 5.32 Å². The summed E-state index contributed by atoms with van der Waals surface area (Å²) >= 11 is 4.75. The van der Waals surface area contributed by atoms with Crippen molar-refractivity contribution in [3.05, 3.63) is 50.1 Å². The molecule has 2 rings (SSSR count).